The zero-order valence-corrected chi connectivity index (χ0v) is 15.1. The second-order valence-electron chi connectivity index (χ2n) is 6.49. The van der Waals surface area contributed by atoms with E-state index in [0.717, 1.165) is 5.56 Å². The molecule has 0 saturated carbocycles. The number of amides is 2. The SMILES string of the molecule is CC(C)c1ccc(C2C(=O)NCCN2C(=O)c2ccccc2Cl)cc1. The van der Waals surface area contributed by atoms with Gasteiger partial charge in [-0.05, 0) is 29.2 Å². The summed E-state index contributed by atoms with van der Waals surface area (Å²) in [6.45, 7) is 5.13. The fraction of sp³-hybridized carbons (Fsp3) is 0.300. The highest BCUT2D eigenvalue weighted by Gasteiger charge is 2.35. The Bertz CT molecular complexity index is 787. The van der Waals surface area contributed by atoms with Crippen molar-refractivity contribution in [1.82, 2.24) is 10.2 Å². The standard InChI is InChI=1S/C20H21ClN2O2/c1-13(2)14-7-9-15(10-8-14)18-19(24)22-11-12-23(18)20(25)16-5-3-4-6-17(16)21/h3-10,13,18H,11-12H2,1-2H3,(H,22,24). The lowest BCUT2D eigenvalue weighted by atomic mass is 9.96. The lowest BCUT2D eigenvalue weighted by Gasteiger charge is -2.35. The maximum absolute atomic E-state index is 13.0. The van der Waals surface area contributed by atoms with Crippen molar-refractivity contribution in [2.75, 3.05) is 13.1 Å². The van der Waals surface area contributed by atoms with Gasteiger partial charge in [-0.1, -0.05) is 61.8 Å². The van der Waals surface area contributed by atoms with Crippen molar-refractivity contribution in [2.45, 2.75) is 25.8 Å². The molecule has 0 aromatic heterocycles. The zero-order valence-electron chi connectivity index (χ0n) is 14.3. The number of nitrogens with one attached hydrogen (secondary N) is 1. The van der Waals surface area contributed by atoms with E-state index in [1.165, 1.54) is 5.56 Å². The number of hydrogen-bond donors (Lipinski definition) is 1. The zero-order chi connectivity index (χ0) is 18.0. The molecule has 1 aliphatic heterocycles. The third kappa shape index (κ3) is 3.54. The van der Waals surface area contributed by atoms with Gasteiger partial charge in [0.2, 0.25) is 5.91 Å². The van der Waals surface area contributed by atoms with Crippen LogP contribution in [0.15, 0.2) is 48.5 Å². The van der Waals surface area contributed by atoms with E-state index in [9.17, 15) is 9.59 Å². The summed E-state index contributed by atoms with van der Waals surface area (Å²) in [5, 5.41) is 3.25. The van der Waals surface area contributed by atoms with Gasteiger partial charge in [-0.25, -0.2) is 0 Å². The first kappa shape index (κ1) is 17.5. The van der Waals surface area contributed by atoms with Crippen molar-refractivity contribution in [1.29, 1.82) is 0 Å². The number of halogens is 1. The van der Waals surface area contributed by atoms with Crippen LogP contribution < -0.4 is 5.32 Å². The highest BCUT2D eigenvalue weighted by Crippen LogP contribution is 2.28. The van der Waals surface area contributed by atoms with Gasteiger partial charge in [-0.15, -0.1) is 0 Å². The van der Waals surface area contributed by atoms with Crippen LogP contribution in [0.4, 0.5) is 0 Å². The van der Waals surface area contributed by atoms with E-state index in [-0.39, 0.29) is 11.8 Å². The van der Waals surface area contributed by atoms with Crippen molar-refractivity contribution >= 4 is 23.4 Å². The first-order valence-electron chi connectivity index (χ1n) is 8.42. The van der Waals surface area contributed by atoms with Crippen molar-refractivity contribution in [3.05, 3.63) is 70.2 Å². The van der Waals surface area contributed by atoms with Crippen molar-refractivity contribution in [2.24, 2.45) is 0 Å². The number of benzene rings is 2. The topological polar surface area (TPSA) is 49.4 Å². The van der Waals surface area contributed by atoms with Gasteiger partial charge in [-0.2, -0.15) is 0 Å². The molecule has 2 amide bonds. The molecule has 1 N–H and O–H groups in total. The Kier molecular flexibility index (Phi) is 5.09. The molecular weight excluding hydrogens is 336 g/mol. The summed E-state index contributed by atoms with van der Waals surface area (Å²) in [7, 11) is 0. The fourth-order valence-corrected chi connectivity index (χ4v) is 3.29. The van der Waals surface area contributed by atoms with Crippen LogP contribution in [-0.2, 0) is 4.79 Å². The second kappa shape index (κ2) is 7.28. The van der Waals surface area contributed by atoms with E-state index in [0.29, 0.717) is 29.6 Å². The lowest BCUT2D eigenvalue weighted by Crippen LogP contribution is -2.52. The maximum atomic E-state index is 13.0. The molecule has 2 aromatic rings. The molecule has 3 rings (SSSR count). The van der Waals surface area contributed by atoms with Crippen molar-refractivity contribution < 1.29 is 9.59 Å². The average Bonchev–Trinajstić information content (AvgIpc) is 2.61. The number of carbonyl (C=O) groups excluding carboxylic acids is 2. The Morgan fingerprint density at radius 1 is 1.16 bits per heavy atom. The van der Waals surface area contributed by atoms with Crippen LogP contribution in [0.3, 0.4) is 0 Å². The Morgan fingerprint density at radius 2 is 1.84 bits per heavy atom. The van der Waals surface area contributed by atoms with Crippen LogP contribution in [0, 0.1) is 0 Å². The van der Waals surface area contributed by atoms with Crippen LogP contribution >= 0.6 is 11.6 Å². The Balaban J connectivity index is 1.95. The smallest absolute Gasteiger partial charge is 0.256 e. The van der Waals surface area contributed by atoms with Gasteiger partial charge < -0.3 is 10.2 Å². The number of hydrogen-bond acceptors (Lipinski definition) is 2. The summed E-state index contributed by atoms with van der Waals surface area (Å²) in [5.74, 6) is 0.0254. The van der Waals surface area contributed by atoms with E-state index < -0.39 is 6.04 Å². The Morgan fingerprint density at radius 3 is 2.48 bits per heavy atom. The molecule has 0 radical (unpaired) electrons. The predicted molar refractivity (Wildman–Crippen MR) is 98.8 cm³/mol. The third-order valence-corrected chi connectivity index (χ3v) is 4.83. The Labute approximate surface area is 152 Å². The van der Waals surface area contributed by atoms with Gasteiger partial charge in [0, 0.05) is 13.1 Å². The molecule has 1 fully saturated rings. The highest BCUT2D eigenvalue weighted by molar-refractivity contribution is 6.33. The Hall–Kier alpha value is -2.33. The van der Waals surface area contributed by atoms with Gasteiger partial charge in [0.1, 0.15) is 6.04 Å². The second-order valence-corrected chi connectivity index (χ2v) is 6.90. The number of nitrogens with zero attached hydrogens (tertiary/aromatic N) is 1. The molecule has 0 aliphatic carbocycles. The molecule has 4 nitrogen and oxygen atoms in total. The van der Waals surface area contributed by atoms with Crippen molar-refractivity contribution in [3.8, 4) is 0 Å². The van der Waals surface area contributed by atoms with Gasteiger partial charge in [0.15, 0.2) is 0 Å². The highest BCUT2D eigenvalue weighted by atomic mass is 35.5. The summed E-state index contributed by atoms with van der Waals surface area (Å²) in [6, 6.07) is 14.2. The molecule has 1 aliphatic rings. The molecule has 5 heteroatoms. The van der Waals surface area contributed by atoms with Crippen molar-refractivity contribution in [3.63, 3.8) is 0 Å². The molecule has 2 aromatic carbocycles. The van der Waals surface area contributed by atoms with Crippen LogP contribution in [0.5, 0.6) is 0 Å². The van der Waals surface area contributed by atoms with Crippen LogP contribution in [0.1, 0.15) is 47.3 Å². The normalized spacial score (nSPS) is 17.5. The largest absolute Gasteiger partial charge is 0.352 e. The van der Waals surface area contributed by atoms with Gasteiger partial charge in [-0.3, -0.25) is 9.59 Å². The fourth-order valence-electron chi connectivity index (χ4n) is 3.07. The lowest BCUT2D eigenvalue weighted by molar-refractivity contribution is -0.128. The quantitative estimate of drug-likeness (QED) is 0.909. The maximum Gasteiger partial charge on any atom is 0.256 e. The van der Waals surface area contributed by atoms with E-state index >= 15 is 0 Å². The first-order chi connectivity index (χ1) is 12.0. The summed E-state index contributed by atoms with van der Waals surface area (Å²) in [4.78, 5) is 27.1. The molecule has 130 valence electrons. The predicted octanol–water partition coefficient (Wildman–Crippen LogP) is 3.78. The minimum atomic E-state index is -0.640. The summed E-state index contributed by atoms with van der Waals surface area (Å²) >= 11 is 6.18. The summed E-state index contributed by atoms with van der Waals surface area (Å²) < 4.78 is 0. The first-order valence-corrected chi connectivity index (χ1v) is 8.80. The molecule has 1 unspecified atom stereocenters. The molecule has 25 heavy (non-hydrogen) atoms. The van der Waals surface area contributed by atoms with Crippen LogP contribution in [0.2, 0.25) is 5.02 Å². The minimum Gasteiger partial charge on any atom is -0.352 e. The minimum absolute atomic E-state index is 0.163. The monoisotopic (exact) mass is 356 g/mol. The average molecular weight is 357 g/mol. The molecular formula is C20H21ClN2O2. The van der Waals surface area contributed by atoms with E-state index in [1.807, 2.05) is 24.3 Å². The molecule has 1 saturated heterocycles. The number of carbonyl (C=O) groups is 2. The van der Waals surface area contributed by atoms with Gasteiger partial charge in [0.05, 0.1) is 10.6 Å². The van der Waals surface area contributed by atoms with E-state index in [2.05, 4.69) is 19.2 Å². The molecule has 1 heterocycles. The third-order valence-electron chi connectivity index (χ3n) is 4.50. The molecule has 0 bridgehead atoms. The van der Waals surface area contributed by atoms with E-state index in [1.54, 1.807) is 29.2 Å². The van der Waals surface area contributed by atoms with Gasteiger partial charge in [0.25, 0.3) is 5.91 Å². The summed E-state index contributed by atoms with van der Waals surface area (Å²) in [6.07, 6.45) is 0. The number of piperazine rings is 1. The van der Waals surface area contributed by atoms with Crippen LogP contribution in [-0.4, -0.2) is 29.8 Å². The summed E-state index contributed by atoms with van der Waals surface area (Å²) in [5.41, 5.74) is 2.42. The number of rotatable bonds is 3. The van der Waals surface area contributed by atoms with Crippen LogP contribution in [0.25, 0.3) is 0 Å². The molecule has 1 atom stereocenters. The van der Waals surface area contributed by atoms with E-state index in [4.69, 9.17) is 11.6 Å². The molecule has 0 spiro atoms. The van der Waals surface area contributed by atoms with Gasteiger partial charge >= 0.3 is 0 Å².